The molecule has 1 saturated heterocycles. The fourth-order valence-corrected chi connectivity index (χ4v) is 7.55. The average Bonchev–Trinajstić information content (AvgIpc) is 3.60. The Hall–Kier alpha value is -2.87. The van der Waals surface area contributed by atoms with Gasteiger partial charge in [0.15, 0.2) is 5.11 Å². The van der Waals surface area contributed by atoms with Gasteiger partial charge in [-0.25, -0.2) is 4.98 Å². The lowest BCUT2D eigenvalue weighted by molar-refractivity contribution is -0.122. The van der Waals surface area contributed by atoms with Gasteiger partial charge in [0, 0.05) is 21.4 Å². The number of carbonyl (C=O) groups excluding carboxylic acids is 2. The lowest BCUT2D eigenvalue weighted by atomic mass is 9.83. The van der Waals surface area contributed by atoms with Crippen LogP contribution in [0.4, 0.5) is 5.69 Å². The van der Waals surface area contributed by atoms with Gasteiger partial charge in [-0.1, -0.05) is 62.1 Å². The van der Waals surface area contributed by atoms with Crippen LogP contribution in [-0.2, 0) is 15.0 Å². The molecule has 3 aliphatic rings. The minimum atomic E-state index is -0.511. The highest BCUT2D eigenvalue weighted by molar-refractivity contribution is 7.80. The Kier molecular flexibility index (Phi) is 6.25. The van der Waals surface area contributed by atoms with Crippen LogP contribution in [0.15, 0.2) is 59.5 Å². The monoisotopic (exact) mass is 547 g/mol. The molecule has 0 bridgehead atoms. The highest BCUT2D eigenvalue weighted by atomic mass is 35.5. The van der Waals surface area contributed by atoms with Crippen molar-refractivity contribution < 1.29 is 9.59 Å². The molecule has 1 aromatic heterocycles. The smallest absolute Gasteiger partial charge is 0.270 e. The molecule has 3 aromatic rings. The van der Waals surface area contributed by atoms with E-state index in [4.69, 9.17) is 28.8 Å². The molecule has 1 aliphatic heterocycles. The van der Waals surface area contributed by atoms with Crippen LogP contribution in [0.2, 0.25) is 5.02 Å². The molecule has 188 valence electrons. The predicted molar refractivity (Wildman–Crippen MR) is 153 cm³/mol. The molecule has 0 spiro atoms. The Morgan fingerprint density at radius 1 is 1.08 bits per heavy atom. The summed E-state index contributed by atoms with van der Waals surface area (Å²) in [5.74, 6) is 0.752. The van der Waals surface area contributed by atoms with Crippen LogP contribution in [0.3, 0.4) is 0 Å². The van der Waals surface area contributed by atoms with E-state index in [9.17, 15) is 9.59 Å². The Bertz CT molecular complexity index is 1420. The van der Waals surface area contributed by atoms with Gasteiger partial charge in [-0.05, 0) is 72.8 Å². The quantitative estimate of drug-likeness (QED) is 0.222. The SMILES string of the molecule is CC1(c2csc(-c3ccc(/C=C4\C(=O)NC(=S)N(c5ccc(Cl)cc5)C4=O)cc3)n2)C[C@H]2CCC[C@H]2C1. The first-order valence-electron chi connectivity index (χ1n) is 12.5. The summed E-state index contributed by atoms with van der Waals surface area (Å²) >= 11 is 12.9. The molecule has 8 heteroatoms. The summed E-state index contributed by atoms with van der Waals surface area (Å²) in [6, 6.07) is 14.5. The van der Waals surface area contributed by atoms with Gasteiger partial charge in [0.1, 0.15) is 10.6 Å². The number of aromatic nitrogens is 1. The summed E-state index contributed by atoms with van der Waals surface area (Å²) in [6.45, 7) is 2.38. The van der Waals surface area contributed by atoms with Gasteiger partial charge in [-0.15, -0.1) is 11.3 Å². The molecule has 1 N–H and O–H groups in total. The van der Waals surface area contributed by atoms with E-state index < -0.39 is 11.8 Å². The van der Waals surface area contributed by atoms with Crippen molar-refractivity contribution in [3.63, 3.8) is 0 Å². The van der Waals surface area contributed by atoms with E-state index in [-0.39, 0.29) is 16.1 Å². The summed E-state index contributed by atoms with van der Waals surface area (Å²) in [6.07, 6.45) is 8.23. The highest BCUT2D eigenvalue weighted by Gasteiger charge is 2.46. The number of nitrogens with zero attached hydrogens (tertiary/aromatic N) is 2. The maximum Gasteiger partial charge on any atom is 0.270 e. The molecule has 6 rings (SSSR count). The van der Waals surface area contributed by atoms with Crippen molar-refractivity contribution >= 4 is 63.8 Å². The number of hydrogen-bond acceptors (Lipinski definition) is 5. The second-order valence-electron chi connectivity index (χ2n) is 10.5. The molecule has 2 saturated carbocycles. The molecular weight excluding hydrogens is 522 g/mol. The van der Waals surface area contributed by atoms with Crippen molar-refractivity contribution in [1.29, 1.82) is 0 Å². The summed E-state index contributed by atoms with van der Waals surface area (Å²) < 4.78 is 0. The lowest BCUT2D eigenvalue weighted by Crippen LogP contribution is -2.54. The van der Waals surface area contributed by atoms with Crippen LogP contribution in [0.1, 0.15) is 50.3 Å². The summed E-state index contributed by atoms with van der Waals surface area (Å²) in [5.41, 5.74) is 3.74. The van der Waals surface area contributed by atoms with Gasteiger partial charge in [0.05, 0.1) is 11.4 Å². The largest absolute Gasteiger partial charge is 0.298 e. The van der Waals surface area contributed by atoms with Crippen molar-refractivity contribution in [3.8, 4) is 10.6 Å². The summed E-state index contributed by atoms with van der Waals surface area (Å²) in [4.78, 5) is 32.2. The van der Waals surface area contributed by atoms with E-state index >= 15 is 0 Å². The van der Waals surface area contributed by atoms with E-state index in [1.165, 1.54) is 42.7 Å². The number of benzene rings is 2. The van der Waals surface area contributed by atoms with Crippen molar-refractivity contribution in [3.05, 3.63) is 75.8 Å². The van der Waals surface area contributed by atoms with Crippen molar-refractivity contribution in [2.75, 3.05) is 4.90 Å². The van der Waals surface area contributed by atoms with Crippen LogP contribution >= 0.6 is 35.2 Å². The maximum atomic E-state index is 13.2. The Balaban J connectivity index is 1.22. The van der Waals surface area contributed by atoms with Gasteiger partial charge >= 0.3 is 0 Å². The standard InChI is InChI=1S/C29H26ClN3O2S2/c1-29(14-19-3-2-4-20(19)15-29)24-16-37-26(31-24)18-7-5-17(6-8-18)13-23-25(34)32-28(36)33(27(23)35)22-11-9-21(30)10-12-22/h5-13,16,19-20H,2-4,14-15H2,1H3,(H,32,34,36)/b23-13+/t19-,20+,29?. The zero-order valence-electron chi connectivity index (χ0n) is 20.4. The topological polar surface area (TPSA) is 62.3 Å². The van der Waals surface area contributed by atoms with Crippen LogP contribution in [-0.4, -0.2) is 21.9 Å². The molecule has 3 fully saturated rings. The molecule has 2 amide bonds. The molecule has 2 heterocycles. The van der Waals surface area contributed by atoms with Crippen LogP contribution in [0, 0.1) is 11.8 Å². The van der Waals surface area contributed by atoms with Gasteiger partial charge in [-0.2, -0.15) is 0 Å². The average molecular weight is 548 g/mol. The van der Waals surface area contributed by atoms with E-state index in [1.54, 1.807) is 41.7 Å². The van der Waals surface area contributed by atoms with Crippen molar-refractivity contribution in [1.82, 2.24) is 10.3 Å². The number of carbonyl (C=O) groups is 2. The third kappa shape index (κ3) is 4.54. The number of fused-ring (bicyclic) bond motifs is 1. The second-order valence-corrected chi connectivity index (χ2v) is 12.2. The highest BCUT2D eigenvalue weighted by Crippen LogP contribution is 2.54. The number of hydrogen-bond donors (Lipinski definition) is 1. The molecular formula is C29H26ClN3O2S2. The zero-order valence-corrected chi connectivity index (χ0v) is 22.8. The van der Waals surface area contributed by atoms with E-state index in [0.29, 0.717) is 10.7 Å². The first kappa shape index (κ1) is 24.5. The molecule has 37 heavy (non-hydrogen) atoms. The van der Waals surface area contributed by atoms with Crippen LogP contribution in [0.25, 0.3) is 16.6 Å². The molecule has 0 radical (unpaired) electrons. The Labute approximate surface area is 230 Å². The Morgan fingerprint density at radius 3 is 2.43 bits per heavy atom. The number of thiocarbonyl (C=S) groups is 1. The van der Waals surface area contributed by atoms with E-state index in [1.807, 2.05) is 24.3 Å². The molecule has 3 atom stereocenters. The predicted octanol–water partition coefficient (Wildman–Crippen LogP) is 6.76. The number of amides is 2. The first-order chi connectivity index (χ1) is 17.8. The van der Waals surface area contributed by atoms with Crippen LogP contribution in [0.5, 0.6) is 0 Å². The summed E-state index contributed by atoms with van der Waals surface area (Å²) in [5, 5.41) is 6.43. The van der Waals surface area contributed by atoms with Gasteiger partial charge in [-0.3, -0.25) is 19.8 Å². The molecule has 2 aromatic carbocycles. The lowest BCUT2D eigenvalue weighted by Gasteiger charge is -2.28. The number of anilines is 1. The molecule has 2 aliphatic carbocycles. The van der Waals surface area contributed by atoms with E-state index in [0.717, 1.165) is 28.0 Å². The fourth-order valence-electron chi connectivity index (χ4n) is 6.16. The van der Waals surface area contributed by atoms with Crippen LogP contribution < -0.4 is 10.2 Å². The second kappa shape index (κ2) is 9.46. The normalized spacial score (nSPS) is 26.6. The molecule has 1 unspecified atom stereocenters. The number of rotatable bonds is 4. The minimum Gasteiger partial charge on any atom is -0.298 e. The third-order valence-corrected chi connectivity index (χ3v) is 9.45. The number of thiazole rings is 1. The number of nitrogens with one attached hydrogen (secondary N) is 1. The van der Waals surface area contributed by atoms with Gasteiger partial charge in [0.2, 0.25) is 0 Å². The summed E-state index contributed by atoms with van der Waals surface area (Å²) in [7, 11) is 0. The maximum absolute atomic E-state index is 13.2. The zero-order chi connectivity index (χ0) is 25.7. The number of halogens is 1. The van der Waals surface area contributed by atoms with Crippen molar-refractivity contribution in [2.45, 2.75) is 44.4 Å². The van der Waals surface area contributed by atoms with Gasteiger partial charge < -0.3 is 0 Å². The molecule has 5 nitrogen and oxygen atoms in total. The third-order valence-electron chi connectivity index (χ3n) is 8.02. The fraction of sp³-hybridized carbons (Fsp3) is 0.310. The van der Waals surface area contributed by atoms with E-state index in [2.05, 4.69) is 17.6 Å². The Morgan fingerprint density at radius 2 is 1.76 bits per heavy atom. The minimum absolute atomic E-state index is 0.0209. The first-order valence-corrected chi connectivity index (χ1v) is 14.2. The van der Waals surface area contributed by atoms with Crippen molar-refractivity contribution in [2.24, 2.45) is 11.8 Å². The van der Waals surface area contributed by atoms with Gasteiger partial charge in [0.25, 0.3) is 11.8 Å².